The molecule has 0 saturated carbocycles. The Morgan fingerprint density at radius 1 is 1.28 bits per heavy atom. The number of carbonyl (C=O) groups is 1. The molecule has 0 bridgehead atoms. The van der Waals surface area contributed by atoms with E-state index < -0.39 is 5.91 Å². The van der Waals surface area contributed by atoms with E-state index in [0.717, 1.165) is 22.7 Å². The van der Waals surface area contributed by atoms with Crippen LogP contribution in [0.3, 0.4) is 0 Å². The molecule has 0 spiro atoms. The van der Waals surface area contributed by atoms with Crippen LogP contribution in [0, 0.1) is 12.7 Å². The number of aromatic nitrogens is 2. The summed E-state index contributed by atoms with van der Waals surface area (Å²) in [5.41, 5.74) is 1.50. The van der Waals surface area contributed by atoms with Gasteiger partial charge in [0, 0.05) is 10.6 Å². The molecule has 0 radical (unpaired) electrons. The van der Waals surface area contributed by atoms with Crippen LogP contribution < -0.4 is 10.5 Å². The van der Waals surface area contributed by atoms with E-state index >= 15 is 0 Å². The summed E-state index contributed by atoms with van der Waals surface area (Å²) >= 11 is 6.93. The van der Waals surface area contributed by atoms with Crippen molar-refractivity contribution in [1.82, 2.24) is 8.94 Å². The summed E-state index contributed by atoms with van der Waals surface area (Å²) < 4.78 is 16.9. The molecule has 128 valence electrons. The maximum absolute atomic E-state index is 13.0. The van der Waals surface area contributed by atoms with Gasteiger partial charge in [-0.2, -0.15) is 4.99 Å². The van der Waals surface area contributed by atoms with Crippen LogP contribution in [-0.4, -0.2) is 14.8 Å². The Kier molecular flexibility index (Phi) is 4.96. The molecule has 0 aliphatic carbocycles. The van der Waals surface area contributed by atoms with Crippen molar-refractivity contribution in [3.05, 3.63) is 85.3 Å². The van der Waals surface area contributed by atoms with Gasteiger partial charge in [0.15, 0.2) is 0 Å². The van der Waals surface area contributed by atoms with Gasteiger partial charge in [-0.15, -0.1) is 0 Å². The third kappa shape index (κ3) is 3.94. The maximum Gasteiger partial charge on any atom is 0.337 e. The number of aryl methyl sites for hydroxylation is 1. The number of halogens is 2. The van der Waals surface area contributed by atoms with Crippen molar-refractivity contribution >= 4 is 29.0 Å². The molecule has 1 N–H and O–H groups in total. The van der Waals surface area contributed by atoms with Crippen LogP contribution in [-0.2, 0) is 6.54 Å². The number of hydrogen-bond donors (Lipinski definition) is 1. The van der Waals surface area contributed by atoms with Crippen LogP contribution in [0.4, 0.5) is 4.39 Å². The number of nitrogens with zero attached hydrogens (tertiary/aromatic N) is 2. The summed E-state index contributed by atoms with van der Waals surface area (Å²) in [6.45, 7) is 1.98. The number of benzene rings is 2. The number of hydrogen-bond acceptors (Lipinski definition) is 3. The Morgan fingerprint density at radius 2 is 2.00 bits per heavy atom. The van der Waals surface area contributed by atoms with Crippen LogP contribution in [0.2, 0.25) is 5.02 Å². The molecule has 1 amide bonds. The van der Waals surface area contributed by atoms with Crippen LogP contribution in [0.15, 0.2) is 52.3 Å². The summed E-state index contributed by atoms with van der Waals surface area (Å²) in [4.78, 5) is 28.6. The fraction of sp³-hybridized carbons (Fsp3) is 0.118. The Balaban J connectivity index is 1.96. The molecular weight excluding hydrogens is 365 g/mol. The molecule has 0 saturated heterocycles. The average Bonchev–Trinajstić information content (AvgIpc) is 2.92. The van der Waals surface area contributed by atoms with Crippen molar-refractivity contribution in [2.45, 2.75) is 13.5 Å². The zero-order valence-corrected chi connectivity index (χ0v) is 14.7. The van der Waals surface area contributed by atoms with Crippen molar-refractivity contribution in [1.29, 1.82) is 0 Å². The summed E-state index contributed by atoms with van der Waals surface area (Å²) in [6, 6.07) is 10.6. The fourth-order valence-corrected chi connectivity index (χ4v) is 3.00. The zero-order chi connectivity index (χ0) is 18.0. The summed E-state index contributed by atoms with van der Waals surface area (Å²) in [5, 5.41) is 0.564. The highest BCUT2D eigenvalue weighted by Gasteiger charge is 2.09. The van der Waals surface area contributed by atoms with Gasteiger partial charge in [-0.05, 0) is 59.9 Å². The monoisotopic (exact) mass is 377 g/mol. The highest BCUT2D eigenvalue weighted by atomic mass is 35.5. The predicted octanol–water partition coefficient (Wildman–Crippen LogP) is 3.13. The van der Waals surface area contributed by atoms with Crippen LogP contribution in [0.5, 0.6) is 0 Å². The lowest BCUT2D eigenvalue weighted by atomic mass is 10.1. The van der Waals surface area contributed by atoms with Gasteiger partial charge >= 0.3 is 5.69 Å². The van der Waals surface area contributed by atoms with E-state index in [4.69, 9.17) is 11.6 Å². The fourth-order valence-electron chi connectivity index (χ4n) is 2.21. The van der Waals surface area contributed by atoms with Gasteiger partial charge in [-0.1, -0.05) is 23.7 Å². The van der Waals surface area contributed by atoms with Crippen LogP contribution in [0.25, 0.3) is 0 Å². The lowest BCUT2D eigenvalue weighted by Gasteiger charge is -2.02. The number of aromatic amines is 1. The second-order valence-electron chi connectivity index (χ2n) is 5.39. The molecule has 1 heterocycles. The van der Waals surface area contributed by atoms with Crippen molar-refractivity contribution < 1.29 is 9.18 Å². The van der Waals surface area contributed by atoms with E-state index in [1.807, 2.05) is 0 Å². The molecule has 8 heteroatoms. The Hall–Kier alpha value is -2.51. The molecule has 1 aromatic heterocycles. The minimum Gasteiger partial charge on any atom is -0.267 e. The molecular formula is C17H13ClFN3O2S. The Labute approximate surface area is 151 Å². The third-order valence-electron chi connectivity index (χ3n) is 3.56. The van der Waals surface area contributed by atoms with Crippen molar-refractivity contribution in [3.8, 4) is 0 Å². The Bertz CT molecular complexity index is 1050. The van der Waals surface area contributed by atoms with Crippen LogP contribution >= 0.6 is 23.1 Å². The molecule has 0 aliphatic rings. The molecule has 0 atom stereocenters. The first-order valence-electron chi connectivity index (χ1n) is 7.32. The SMILES string of the molecule is Cc1cc(C(=O)N=c2s[nH]c(=O)n2Cc2ccc(F)cc2)ccc1Cl. The van der Waals surface area contributed by atoms with Gasteiger partial charge < -0.3 is 0 Å². The van der Waals surface area contributed by atoms with E-state index in [0.29, 0.717) is 10.6 Å². The van der Waals surface area contributed by atoms with Crippen molar-refractivity contribution in [2.75, 3.05) is 0 Å². The summed E-state index contributed by atoms with van der Waals surface area (Å²) in [6.07, 6.45) is 0. The molecule has 3 aromatic rings. The Morgan fingerprint density at radius 3 is 2.68 bits per heavy atom. The van der Waals surface area contributed by atoms with E-state index in [-0.39, 0.29) is 22.9 Å². The van der Waals surface area contributed by atoms with Gasteiger partial charge in [0.1, 0.15) is 5.82 Å². The average molecular weight is 378 g/mol. The summed E-state index contributed by atoms with van der Waals surface area (Å²) in [7, 11) is 0. The number of rotatable bonds is 3. The molecule has 0 unspecified atom stereocenters. The highest BCUT2D eigenvalue weighted by Crippen LogP contribution is 2.16. The zero-order valence-electron chi connectivity index (χ0n) is 13.1. The molecule has 0 fully saturated rings. The number of H-pyrrole nitrogens is 1. The smallest absolute Gasteiger partial charge is 0.267 e. The lowest BCUT2D eigenvalue weighted by Crippen LogP contribution is -2.28. The number of carbonyl (C=O) groups excluding carboxylic acids is 1. The third-order valence-corrected chi connectivity index (χ3v) is 4.76. The number of amides is 1. The van der Waals surface area contributed by atoms with Crippen molar-refractivity contribution in [2.24, 2.45) is 4.99 Å². The minimum absolute atomic E-state index is 0.185. The molecule has 0 aliphatic heterocycles. The van der Waals surface area contributed by atoms with E-state index in [9.17, 15) is 14.0 Å². The molecule has 25 heavy (non-hydrogen) atoms. The molecule has 3 rings (SSSR count). The first-order chi connectivity index (χ1) is 11.9. The van der Waals surface area contributed by atoms with Crippen LogP contribution in [0.1, 0.15) is 21.5 Å². The quantitative estimate of drug-likeness (QED) is 0.762. The molecule has 5 nitrogen and oxygen atoms in total. The van der Waals surface area contributed by atoms with Gasteiger partial charge in [-0.25, -0.2) is 9.18 Å². The molecule has 2 aromatic carbocycles. The summed E-state index contributed by atoms with van der Waals surface area (Å²) in [5.74, 6) is -0.825. The van der Waals surface area contributed by atoms with E-state index in [1.165, 1.54) is 16.7 Å². The normalized spacial score (nSPS) is 11.7. The second kappa shape index (κ2) is 7.16. The highest BCUT2D eigenvalue weighted by molar-refractivity contribution is 7.02. The van der Waals surface area contributed by atoms with E-state index in [2.05, 4.69) is 9.37 Å². The standard InChI is InChI=1S/C17H13ClFN3O2S/c1-10-8-12(4-7-14(10)18)15(23)20-17-22(16(24)21-25-17)9-11-2-5-13(19)6-3-11/h2-8H,9H2,1H3,(H,21,24). The lowest BCUT2D eigenvalue weighted by molar-refractivity contribution is 0.0997. The first-order valence-corrected chi connectivity index (χ1v) is 8.51. The van der Waals surface area contributed by atoms with Gasteiger partial charge in [0.05, 0.1) is 6.54 Å². The van der Waals surface area contributed by atoms with Gasteiger partial charge in [-0.3, -0.25) is 13.7 Å². The first kappa shape index (κ1) is 17.3. The van der Waals surface area contributed by atoms with Gasteiger partial charge in [0.25, 0.3) is 5.91 Å². The van der Waals surface area contributed by atoms with Gasteiger partial charge in [0.2, 0.25) is 4.80 Å². The minimum atomic E-state index is -0.470. The van der Waals surface area contributed by atoms with Crippen molar-refractivity contribution in [3.63, 3.8) is 0 Å². The maximum atomic E-state index is 13.0. The largest absolute Gasteiger partial charge is 0.337 e. The van der Waals surface area contributed by atoms with E-state index in [1.54, 1.807) is 37.3 Å². The predicted molar refractivity (Wildman–Crippen MR) is 94.5 cm³/mol. The number of nitrogens with one attached hydrogen (secondary N) is 1. The topological polar surface area (TPSA) is 67.2 Å². The second-order valence-corrected chi connectivity index (χ2v) is 6.57.